The van der Waals surface area contributed by atoms with Crippen molar-refractivity contribution in [2.45, 2.75) is 49.8 Å². The zero-order valence-electron chi connectivity index (χ0n) is 16.9. The number of rotatable bonds is 7. The van der Waals surface area contributed by atoms with Gasteiger partial charge in [0.15, 0.2) is 6.10 Å². The number of primary sulfonamides is 1. The zero-order valence-corrected chi connectivity index (χ0v) is 19.4. The lowest BCUT2D eigenvalue weighted by Gasteiger charge is -2.14. The van der Waals surface area contributed by atoms with Gasteiger partial charge in [-0.2, -0.15) is 0 Å². The number of esters is 2. The first kappa shape index (κ1) is 23.4. The number of carbonyl (C=O) groups excluding carboxylic acids is 3. The molecule has 2 heterocycles. The average molecular weight is 487 g/mol. The molecule has 3 rings (SSSR count). The SMILES string of the molecule is CCOC(=O)c1c(NC(=O)C(C)OC(=O)c2csc(S(N)(=O)=O)c2)sc2c1CCCC2. The van der Waals surface area contributed by atoms with Crippen molar-refractivity contribution in [3.8, 4) is 0 Å². The number of hydrogen-bond acceptors (Lipinski definition) is 9. The molecule has 3 N–H and O–H groups in total. The van der Waals surface area contributed by atoms with Crippen molar-refractivity contribution >= 4 is 55.5 Å². The topological polar surface area (TPSA) is 142 Å². The Hall–Kier alpha value is -2.28. The van der Waals surface area contributed by atoms with Crippen molar-refractivity contribution in [2.24, 2.45) is 5.14 Å². The van der Waals surface area contributed by atoms with E-state index in [-0.39, 0.29) is 16.4 Å². The van der Waals surface area contributed by atoms with Crippen molar-refractivity contribution in [1.29, 1.82) is 0 Å². The van der Waals surface area contributed by atoms with Crippen LogP contribution < -0.4 is 10.5 Å². The standard InChI is InChI=1S/C19H22N2O7S3/c1-3-27-19(24)15-12-6-4-5-7-13(12)30-17(15)21-16(22)10(2)28-18(23)11-8-14(29-9-11)31(20,25)26/h8-10H,3-7H2,1-2H3,(H,21,22)(H2,20,25,26). The molecule has 0 radical (unpaired) electrons. The summed E-state index contributed by atoms with van der Waals surface area (Å²) in [5.74, 6) is -1.96. The van der Waals surface area contributed by atoms with Crippen LogP contribution in [0.2, 0.25) is 0 Å². The maximum absolute atomic E-state index is 12.6. The molecule has 168 valence electrons. The quantitative estimate of drug-likeness (QED) is 0.573. The first-order valence-corrected chi connectivity index (χ1v) is 12.8. The third kappa shape index (κ3) is 5.32. The first-order chi connectivity index (χ1) is 14.6. The minimum atomic E-state index is -3.93. The third-order valence-electron chi connectivity index (χ3n) is 4.63. The second-order valence-corrected chi connectivity index (χ2v) is 10.7. The van der Waals surface area contributed by atoms with Gasteiger partial charge in [-0.3, -0.25) is 4.79 Å². The van der Waals surface area contributed by atoms with Crippen LogP contribution in [-0.2, 0) is 37.1 Å². The Bertz CT molecular complexity index is 1120. The third-order valence-corrected chi connectivity index (χ3v) is 8.23. The lowest BCUT2D eigenvalue weighted by Crippen LogP contribution is -2.30. The molecule has 1 atom stereocenters. The van der Waals surface area contributed by atoms with Crippen LogP contribution in [0, 0.1) is 0 Å². The smallest absolute Gasteiger partial charge is 0.341 e. The summed E-state index contributed by atoms with van der Waals surface area (Å²) in [6, 6.07) is 1.10. The maximum atomic E-state index is 12.6. The van der Waals surface area contributed by atoms with Crippen molar-refractivity contribution in [2.75, 3.05) is 11.9 Å². The van der Waals surface area contributed by atoms with Crippen LogP contribution in [0.3, 0.4) is 0 Å². The summed E-state index contributed by atoms with van der Waals surface area (Å²) in [4.78, 5) is 38.4. The van der Waals surface area contributed by atoms with E-state index in [1.165, 1.54) is 23.6 Å². The fraction of sp³-hybridized carbons (Fsp3) is 0.421. The van der Waals surface area contributed by atoms with Gasteiger partial charge in [-0.05, 0) is 51.2 Å². The highest BCUT2D eigenvalue weighted by atomic mass is 32.2. The highest BCUT2D eigenvalue weighted by Crippen LogP contribution is 2.38. The number of amides is 1. The molecule has 2 aromatic rings. The van der Waals surface area contributed by atoms with Gasteiger partial charge in [-0.15, -0.1) is 22.7 Å². The van der Waals surface area contributed by atoms with Crippen LogP contribution >= 0.6 is 22.7 Å². The van der Waals surface area contributed by atoms with Crippen molar-refractivity contribution in [3.63, 3.8) is 0 Å². The molecule has 1 amide bonds. The van der Waals surface area contributed by atoms with Crippen LogP contribution in [0.4, 0.5) is 5.00 Å². The van der Waals surface area contributed by atoms with Gasteiger partial charge in [0.05, 0.1) is 17.7 Å². The van der Waals surface area contributed by atoms with Crippen molar-refractivity contribution < 1.29 is 32.3 Å². The van der Waals surface area contributed by atoms with Crippen molar-refractivity contribution in [1.82, 2.24) is 0 Å². The summed E-state index contributed by atoms with van der Waals surface area (Å²) in [5.41, 5.74) is 1.25. The molecule has 1 aliphatic rings. The Morgan fingerprint density at radius 2 is 1.94 bits per heavy atom. The highest BCUT2D eigenvalue weighted by Gasteiger charge is 2.29. The second-order valence-electron chi connectivity index (χ2n) is 6.87. The molecular weight excluding hydrogens is 464 g/mol. The number of thiophene rings is 2. The molecule has 31 heavy (non-hydrogen) atoms. The monoisotopic (exact) mass is 486 g/mol. The molecule has 0 spiro atoms. The van der Waals surface area contributed by atoms with E-state index in [1.54, 1.807) is 6.92 Å². The zero-order chi connectivity index (χ0) is 22.8. The molecule has 1 unspecified atom stereocenters. The van der Waals surface area contributed by atoms with Gasteiger partial charge < -0.3 is 14.8 Å². The van der Waals surface area contributed by atoms with Crippen LogP contribution in [0.1, 0.15) is 57.8 Å². The summed E-state index contributed by atoms with van der Waals surface area (Å²) in [5, 5.41) is 9.39. The molecule has 2 aromatic heterocycles. The number of carbonyl (C=O) groups is 3. The summed E-state index contributed by atoms with van der Waals surface area (Å²) in [6.07, 6.45) is 2.36. The number of aryl methyl sites for hydroxylation is 1. The fourth-order valence-corrected chi connectivity index (χ4v) is 6.00. The molecule has 1 aliphatic carbocycles. The molecule has 0 saturated carbocycles. The van der Waals surface area contributed by atoms with Crippen LogP contribution in [0.15, 0.2) is 15.7 Å². The molecule has 12 heteroatoms. The van der Waals surface area contributed by atoms with E-state index in [2.05, 4.69) is 5.32 Å². The van der Waals surface area contributed by atoms with E-state index in [0.29, 0.717) is 10.6 Å². The predicted octanol–water partition coefficient (Wildman–Crippen LogP) is 2.70. The Morgan fingerprint density at radius 1 is 1.23 bits per heavy atom. The van der Waals surface area contributed by atoms with Gasteiger partial charge >= 0.3 is 11.9 Å². The molecule has 0 bridgehead atoms. The molecule has 0 saturated heterocycles. The van der Waals surface area contributed by atoms with E-state index < -0.39 is 34.0 Å². The van der Waals surface area contributed by atoms with Crippen LogP contribution in [0.25, 0.3) is 0 Å². The average Bonchev–Trinajstić information content (AvgIpc) is 3.32. The minimum absolute atomic E-state index is 0.0209. The summed E-state index contributed by atoms with van der Waals surface area (Å²) >= 11 is 2.11. The van der Waals surface area contributed by atoms with E-state index in [0.717, 1.165) is 53.5 Å². The fourth-order valence-electron chi connectivity index (χ4n) is 3.14. The number of hydrogen-bond donors (Lipinski definition) is 2. The number of ether oxygens (including phenoxy) is 2. The second kappa shape index (κ2) is 9.47. The minimum Gasteiger partial charge on any atom is -0.462 e. The highest BCUT2D eigenvalue weighted by molar-refractivity contribution is 7.91. The van der Waals surface area contributed by atoms with Gasteiger partial charge in [0.25, 0.3) is 5.91 Å². The number of nitrogens with one attached hydrogen (secondary N) is 1. The molecule has 0 aliphatic heterocycles. The van der Waals surface area contributed by atoms with Gasteiger partial charge in [0, 0.05) is 10.3 Å². The summed E-state index contributed by atoms with van der Waals surface area (Å²) < 4.78 is 32.8. The van der Waals surface area contributed by atoms with Gasteiger partial charge in [0.2, 0.25) is 10.0 Å². The van der Waals surface area contributed by atoms with Gasteiger partial charge in [0.1, 0.15) is 9.21 Å². The number of nitrogens with two attached hydrogens (primary N) is 1. The van der Waals surface area contributed by atoms with Crippen LogP contribution in [-0.4, -0.2) is 39.0 Å². The molecule has 0 aromatic carbocycles. The lowest BCUT2D eigenvalue weighted by atomic mass is 9.95. The van der Waals surface area contributed by atoms with E-state index in [1.807, 2.05) is 0 Å². The molecule has 9 nitrogen and oxygen atoms in total. The number of anilines is 1. The van der Waals surface area contributed by atoms with E-state index in [4.69, 9.17) is 14.6 Å². The Balaban J connectivity index is 1.73. The van der Waals surface area contributed by atoms with Gasteiger partial charge in [-0.1, -0.05) is 0 Å². The lowest BCUT2D eigenvalue weighted by molar-refractivity contribution is -0.123. The van der Waals surface area contributed by atoms with Gasteiger partial charge in [-0.25, -0.2) is 23.1 Å². The maximum Gasteiger partial charge on any atom is 0.341 e. The largest absolute Gasteiger partial charge is 0.462 e. The van der Waals surface area contributed by atoms with Crippen LogP contribution in [0.5, 0.6) is 0 Å². The number of fused-ring (bicyclic) bond motifs is 1. The Labute approximate surface area is 187 Å². The normalized spacial score (nSPS) is 14.4. The molecule has 0 fully saturated rings. The predicted molar refractivity (Wildman–Crippen MR) is 116 cm³/mol. The Morgan fingerprint density at radius 3 is 2.58 bits per heavy atom. The van der Waals surface area contributed by atoms with Crippen molar-refractivity contribution in [3.05, 3.63) is 33.0 Å². The first-order valence-electron chi connectivity index (χ1n) is 9.56. The Kier molecular flexibility index (Phi) is 7.14. The number of sulfonamides is 1. The van der Waals surface area contributed by atoms with E-state index in [9.17, 15) is 22.8 Å². The summed E-state index contributed by atoms with van der Waals surface area (Å²) in [6.45, 7) is 3.31. The summed E-state index contributed by atoms with van der Waals surface area (Å²) in [7, 11) is -3.93. The van der Waals surface area contributed by atoms with E-state index >= 15 is 0 Å². The molecular formula is C19H22N2O7S3.